The maximum atomic E-state index is 13.6. The summed E-state index contributed by atoms with van der Waals surface area (Å²) in [6.07, 6.45) is 2.87. The summed E-state index contributed by atoms with van der Waals surface area (Å²) >= 11 is 0. The van der Waals surface area contributed by atoms with Crippen molar-refractivity contribution >= 4 is 10.2 Å². The average Bonchev–Trinajstić information content (AvgIpc) is 2.55. The van der Waals surface area contributed by atoms with Gasteiger partial charge in [-0.25, -0.2) is 4.39 Å². The highest BCUT2D eigenvalue weighted by molar-refractivity contribution is 7.86. The van der Waals surface area contributed by atoms with Gasteiger partial charge in [0.15, 0.2) is 0 Å². The third-order valence-corrected chi connectivity index (χ3v) is 6.93. The van der Waals surface area contributed by atoms with Crippen LogP contribution in [0.25, 0.3) is 0 Å². The second-order valence-corrected chi connectivity index (χ2v) is 8.18. The first kappa shape index (κ1) is 16.8. The zero-order valence-corrected chi connectivity index (χ0v) is 14.2. The zero-order chi connectivity index (χ0) is 16.4. The molecule has 0 spiro atoms. The van der Waals surface area contributed by atoms with E-state index in [4.69, 9.17) is 0 Å². The molecule has 0 amide bonds. The van der Waals surface area contributed by atoms with Crippen LogP contribution in [0.3, 0.4) is 0 Å². The number of nitrogens with one attached hydrogen (secondary N) is 1. The fourth-order valence-corrected chi connectivity index (χ4v) is 5.54. The van der Waals surface area contributed by atoms with Crippen LogP contribution in [0.4, 0.5) is 4.39 Å². The average molecular weight is 341 g/mol. The van der Waals surface area contributed by atoms with E-state index in [1.807, 2.05) is 6.92 Å². The summed E-state index contributed by atoms with van der Waals surface area (Å²) in [7, 11) is -3.54. The molecule has 2 heterocycles. The van der Waals surface area contributed by atoms with E-state index >= 15 is 0 Å². The lowest BCUT2D eigenvalue weighted by Gasteiger charge is -2.41. The van der Waals surface area contributed by atoms with Gasteiger partial charge in [0.1, 0.15) is 5.82 Å². The molecule has 0 saturated carbocycles. The molecular weight excluding hydrogens is 317 g/mol. The van der Waals surface area contributed by atoms with Crippen LogP contribution < -0.4 is 5.32 Å². The Morgan fingerprint density at radius 2 is 2.04 bits per heavy atom. The minimum Gasteiger partial charge on any atom is -0.313 e. The molecule has 2 atom stereocenters. The SMILES string of the molecule is CC1CCCCN1S(=O)(=O)N1CCNCC1c1cccc(F)c1. The molecule has 0 bridgehead atoms. The quantitative estimate of drug-likeness (QED) is 0.913. The van der Waals surface area contributed by atoms with E-state index in [9.17, 15) is 12.8 Å². The Labute approximate surface area is 137 Å². The lowest BCUT2D eigenvalue weighted by molar-refractivity contribution is 0.210. The highest BCUT2D eigenvalue weighted by Gasteiger charge is 2.39. The van der Waals surface area contributed by atoms with Gasteiger partial charge in [0.2, 0.25) is 0 Å². The Bertz CT molecular complexity index is 652. The minimum atomic E-state index is -3.54. The van der Waals surface area contributed by atoms with Crippen LogP contribution in [0.15, 0.2) is 24.3 Å². The molecule has 2 aliphatic heterocycles. The summed E-state index contributed by atoms with van der Waals surface area (Å²) < 4.78 is 43.0. The second kappa shape index (κ2) is 6.84. The number of piperazine rings is 1. The van der Waals surface area contributed by atoms with E-state index < -0.39 is 10.2 Å². The van der Waals surface area contributed by atoms with E-state index in [0.29, 0.717) is 31.7 Å². The van der Waals surface area contributed by atoms with Crippen LogP contribution in [0, 0.1) is 5.82 Å². The number of rotatable bonds is 3. The monoisotopic (exact) mass is 341 g/mol. The van der Waals surface area contributed by atoms with Crippen LogP contribution in [0.5, 0.6) is 0 Å². The third kappa shape index (κ3) is 3.42. The van der Waals surface area contributed by atoms with Crippen LogP contribution in [0.2, 0.25) is 0 Å². The van der Waals surface area contributed by atoms with Crippen molar-refractivity contribution in [2.24, 2.45) is 0 Å². The predicted molar refractivity (Wildman–Crippen MR) is 87.7 cm³/mol. The van der Waals surface area contributed by atoms with Gasteiger partial charge in [0, 0.05) is 32.2 Å². The fourth-order valence-electron chi connectivity index (χ4n) is 3.51. The molecule has 2 aliphatic rings. The van der Waals surface area contributed by atoms with Crippen LogP contribution in [-0.2, 0) is 10.2 Å². The largest absolute Gasteiger partial charge is 0.313 e. The highest BCUT2D eigenvalue weighted by Crippen LogP contribution is 2.30. The maximum absolute atomic E-state index is 13.6. The van der Waals surface area contributed by atoms with Gasteiger partial charge in [-0.1, -0.05) is 18.6 Å². The summed E-state index contributed by atoms with van der Waals surface area (Å²) in [5.74, 6) is -0.336. The predicted octanol–water partition coefficient (Wildman–Crippen LogP) is 1.89. The second-order valence-electron chi connectivity index (χ2n) is 6.35. The Hall–Kier alpha value is -1.02. The van der Waals surface area contributed by atoms with Gasteiger partial charge >= 0.3 is 0 Å². The Kier molecular flexibility index (Phi) is 5.01. The number of piperidine rings is 1. The molecular formula is C16H24FN3O2S. The van der Waals surface area contributed by atoms with Crippen molar-refractivity contribution in [1.82, 2.24) is 13.9 Å². The number of hydrogen-bond acceptors (Lipinski definition) is 3. The molecule has 1 N–H and O–H groups in total. The molecule has 128 valence electrons. The molecule has 1 aromatic carbocycles. The van der Waals surface area contributed by atoms with Gasteiger partial charge in [-0.15, -0.1) is 0 Å². The summed E-state index contributed by atoms with van der Waals surface area (Å²) in [5, 5.41) is 3.22. The fraction of sp³-hybridized carbons (Fsp3) is 0.625. The van der Waals surface area contributed by atoms with Crippen LogP contribution in [-0.4, -0.2) is 49.2 Å². The van der Waals surface area contributed by atoms with Crippen LogP contribution >= 0.6 is 0 Å². The Morgan fingerprint density at radius 3 is 2.78 bits per heavy atom. The van der Waals surface area contributed by atoms with E-state index in [2.05, 4.69) is 5.32 Å². The van der Waals surface area contributed by atoms with Crippen molar-refractivity contribution in [2.45, 2.75) is 38.3 Å². The van der Waals surface area contributed by atoms with Gasteiger partial charge in [0.25, 0.3) is 10.2 Å². The zero-order valence-electron chi connectivity index (χ0n) is 13.4. The van der Waals surface area contributed by atoms with Crippen molar-refractivity contribution in [3.63, 3.8) is 0 Å². The van der Waals surface area contributed by atoms with E-state index in [1.54, 1.807) is 20.7 Å². The van der Waals surface area contributed by atoms with Gasteiger partial charge in [-0.2, -0.15) is 17.0 Å². The Balaban J connectivity index is 1.91. The van der Waals surface area contributed by atoms with Crippen molar-refractivity contribution in [3.05, 3.63) is 35.6 Å². The summed E-state index contributed by atoms with van der Waals surface area (Å²) in [6.45, 7) is 4.07. The van der Waals surface area contributed by atoms with Gasteiger partial charge in [-0.3, -0.25) is 0 Å². The van der Waals surface area contributed by atoms with E-state index in [1.165, 1.54) is 12.1 Å². The number of benzene rings is 1. The van der Waals surface area contributed by atoms with E-state index in [-0.39, 0.29) is 17.9 Å². The number of halogens is 1. The van der Waals surface area contributed by atoms with Crippen molar-refractivity contribution in [3.8, 4) is 0 Å². The molecule has 2 saturated heterocycles. The van der Waals surface area contributed by atoms with Crippen LogP contribution in [0.1, 0.15) is 37.8 Å². The van der Waals surface area contributed by atoms with Crippen molar-refractivity contribution in [2.75, 3.05) is 26.2 Å². The first-order chi connectivity index (χ1) is 11.0. The molecule has 0 aromatic heterocycles. The Morgan fingerprint density at radius 1 is 1.22 bits per heavy atom. The number of nitrogens with zero attached hydrogens (tertiary/aromatic N) is 2. The highest BCUT2D eigenvalue weighted by atomic mass is 32.2. The smallest absolute Gasteiger partial charge is 0.282 e. The first-order valence-corrected chi connectivity index (χ1v) is 9.64. The standard InChI is InChI=1S/C16H24FN3O2S/c1-13-5-2-3-9-19(13)23(21,22)20-10-8-18-12-16(20)14-6-4-7-15(17)11-14/h4,6-7,11,13,16,18H,2-3,5,8-10,12H2,1H3. The summed E-state index contributed by atoms with van der Waals surface area (Å²) in [5.41, 5.74) is 0.699. The molecule has 2 unspecified atom stereocenters. The minimum absolute atomic E-state index is 0.0248. The first-order valence-electron chi connectivity index (χ1n) is 8.25. The lowest BCUT2D eigenvalue weighted by Crippen LogP contribution is -2.55. The van der Waals surface area contributed by atoms with Crippen molar-refractivity contribution in [1.29, 1.82) is 0 Å². The van der Waals surface area contributed by atoms with Gasteiger partial charge in [-0.05, 0) is 37.5 Å². The maximum Gasteiger partial charge on any atom is 0.282 e. The molecule has 5 nitrogen and oxygen atoms in total. The van der Waals surface area contributed by atoms with Gasteiger partial charge in [0.05, 0.1) is 6.04 Å². The van der Waals surface area contributed by atoms with E-state index in [0.717, 1.165) is 19.3 Å². The molecule has 2 fully saturated rings. The normalized spacial score (nSPS) is 27.9. The van der Waals surface area contributed by atoms with Crippen molar-refractivity contribution < 1.29 is 12.8 Å². The molecule has 7 heteroatoms. The molecule has 23 heavy (non-hydrogen) atoms. The molecule has 0 radical (unpaired) electrons. The summed E-state index contributed by atoms with van der Waals surface area (Å²) in [6, 6.07) is 5.90. The summed E-state index contributed by atoms with van der Waals surface area (Å²) in [4.78, 5) is 0. The number of hydrogen-bond donors (Lipinski definition) is 1. The lowest BCUT2D eigenvalue weighted by atomic mass is 10.1. The third-order valence-electron chi connectivity index (χ3n) is 4.76. The molecule has 3 rings (SSSR count). The molecule has 1 aromatic rings. The molecule has 0 aliphatic carbocycles. The van der Waals surface area contributed by atoms with Gasteiger partial charge < -0.3 is 5.32 Å². The topological polar surface area (TPSA) is 52.7 Å².